The molecule has 148 valence electrons. The monoisotopic (exact) mass is 404 g/mol. The second-order valence-electron chi connectivity index (χ2n) is 6.25. The maximum absolute atomic E-state index is 12.3. The van der Waals surface area contributed by atoms with Gasteiger partial charge in [0.1, 0.15) is 0 Å². The van der Waals surface area contributed by atoms with Gasteiger partial charge in [-0.05, 0) is 30.7 Å². The molecule has 10 heteroatoms. The van der Waals surface area contributed by atoms with Crippen LogP contribution in [0.1, 0.15) is 11.1 Å². The van der Waals surface area contributed by atoms with E-state index in [0.717, 1.165) is 30.4 Å². The number of nitrogens with one attached hydrogen (secondary N) is 1. The first-order chi connectivity index (χ1) is 13.4. The third-order valence-corrected chi connectivity index (χ3v) is 5.56. The molecule has 0 unspecified atom stereocenters. The molecule has 0 atom stereocenters. The third kappa shape index (κ3) is 4.65. The van der Waals surface area contributed by atoms with Crippen molar-refractivity contribution in [1.82, 2.24) is 4.83 Å². The standard InChI is InChI=1S/C18H20N4O5S/c1-14-2-7-17(12-18(14)22(23)24)28(25,26)20-19-13-15-3-5-16(6-4-15)21-8-10-27-11-9-21/h2-7,12-13,20H,8-11H2,1H3/b19-13-. The summed E-state index contributed by atoms with van der Waals surface area (Å²) in [5.74, 6) is 0. The molecule has 2 aromatic rings. The molecule has 1 heterocycles. The second-order valence-corrected chi connectivity index (χ2v) is 7.91. The zero-order valence-electron chi connectivity index (χ0n) is 15.2. The Bertz CT molecular complexity index is 984. The van der Waals surface area contributed by atoms with Gasteiger partial charge in [0.05, 0.1) is 29.2 Å². The van der Waals surface area contributed by atoms with Crippen LogP contribution in [0.3, 0.4) is 0 Å². The molecule has 2 aromatic carbocycles. The largest absolute Gasteiger partial charge is 0.378 e. The highest BCUT2D eigenvalue weighted by molar-refractivity contribution is 7.89. The van der Waals surface area contributed by atoms with Crippen LogP contribution >= 0.6 is 0 Å². The Labute approximate surface area is 162 Å². The van der Waals surface area contributed by atoms with E-state index in [9.17, 15) is 18.5 Å². The van der Waals surface area contributed by atoms with Gasteiger partial charge in [0, 0.05) is 30.4 Å². The molecule has 0 bridgehead atoms. The first kappa shape index (κ1) is 19.8. The van der Waals surface area contributed by atoms with Crippen LogP contribution in [0.25, 0.3) is 0 Å². The number of aryl methyl sites for hydroxylation is 1. The van der Waals surface area contributed by atoms with Crippen LogP contribution < -0.4 is 9.73 Å². The molecule has 0 saturated carbocycles. The van der Waals surface area contributed by atoms with Gasteiger partial charge in [-0.25, -0.2) is 4.83 Å². The van der Waals surface area contributed by atoms with Crippen molar-refractivity contribution in [2.24, 2.45) is 5.10 Å². The fourth-order valence-electron chi connectivity index (χ4n) is 2.77. The first-order valence-corrected chi connectivity index (χ1v) is 10.1. The molecule has 1 fully saturated rings. The molecule has 1 N–H and O–H groups in total. The molecule has 0 aromatic heterocycles. The van der Waals surface area contributed by atoms with Crippen LogP contribution in [0.5, 0.6) is 0 Å². The Morgan fingerprint density at radius 2 is 1.86 bits per heavy atom. The van der Waals surface area contributed by atoms with Crippen molar-refractivity contribution >= 4 is 27.6 Å². The van der Waals surface area contributed by atoms with Crippen molar-refractivity contribution < 1.29 is 18.1 Å². The molecule has 0 radical (unpaired) electrons. The Kier molecular flexibility index (Phi) is 5.90. The van der Waals surface area contributed by atoms with E-state index in [0.29, 0.717) is 18.8 Å². The number of hydrogen-bond acceptors (Lipinski definition) is 7. The van der Waals surface area contributed by atoms with Gasteiger partial charge in [0.2, 0.25) is 0 Å². The number of rotatable bonds is 6. The lowest BCUT2D eigenvalue weighted by Gasteiger charge is -2.28. The van der Waals surface area contributed by atoms with Crippen molar-refractivity contribution in [2.75, 3.05) is 31.2 Å². The number of anilines is 1. The first-order valence-electron chi connectivity index (χ1n) is 8.59. The highest BCUT2D eigenvalue weighted by Crippen LogP contribution is 2.22. The van der Waals surface area contributed by atoms with E-state index in [1.54, 1.807) is 6.92 Å². The van der Waals surface area contributed by atoms with Crippen LogP contribution in [-0.2, 0) is 14.8 Å². The number of hydrazone groups is 1. The number of nitro benzene ring substituents is 1. The average Bonchev–Trinajstić information content (AvgIpc) is 2.69. The van der Waals surface area contributed by atoms with Gasteiger partial charge < -0.3 is 9.64 Å². The summed E-state index contributed by atoms with van der Waals surface area (Å²) in [5, 5.41) is 14.8. The summed E-state index contributed by atoms with van der Waals surface area (Å²) in [6.07, 6.45) is 1.38. The lowest BCUT2D eigenvalue weighted by molar-refractivity contribution is -0.385. The van der Waals surface area contributed by atoms with E-state index in [2.05, 4.69) is 14.8 Å². The van der Waals surface area contributed by atoms with E-state index in [4.69, 9.17) is 4.74 Å². The predicted octanol–water partition coefficient (Wildman–Crippen LogP) is 2.05. The van der Waals surface area contributed by atoms with Gasteiger partial charge >= 0.3 is 0 Å². The Balaban J connectivity index is 1.68. The van der Waals surface area contributed by atoms with Gasteiger partial charge in [-0.3, -0.25) is 10.1 Å². The maximum Gasteiger partial charge on any atom is 0.276 e. The van der Waals surface area contributed by atoms with E-state index < -0.39 is 14.9 Å². The summed E-state index contributed by atoms with van der Waals surface area (Å²) in [5.41, 5.74) is 1.90. The minimum atomic E-state index is -4.00. The molecule has 0 amide bonds. The molecular weight excluding hydrogens is 384 g/mol. The van der Waals surface area contributed by atoms with Crippen LogP contribution in [0, 0.1) is 17.0 Å². The highest BCUT2D eigenvalue weighted by atomic mass is 32.2. The van der Waals surface area contributed by atoms with Crippen LogP contribution in [0.4, 0.5) is 11.4 Å². The van der Waals surface area contributed by atoms with Crippen molar-refractivity contribution in [3.63, 3.8) is 0 Å². The van der Waals surface area contributed by atoms with Crippen molar-refractivity contribution in [3.8, 4) is 0 Å². The lowest BCUT2D eigenvalue weighted by atomic mass is 10.2. The summed E-state index contributed by atoms with van der Waals surface area (Å²) in [6.45, 7) is 4.59. The molecule has 1 aliphatic heterocycles. The minimum absolute atomic E-state index is 0.218. The van der Waals surface area contributed by atoms with Crippen LogP contribution in [-0.4, -0.2) is 45.9 Å². The van der Waals surface area contributed by atoms with Crippen LogP contribution in [0.2, 0.25) is 0 Å². The maximum atomic E-state index is 12.3. The number of benzene rings is 2. The van der Waals surface area contributed by atoms with E-state index >= 15 is 0 Å². The van der Waals surface area contributed by atoms with Crippen molar-refractivity contribution in [2.45, 2.75) is 11.8 Å². The molecule has 28 heavy (non-hydrogen) atoms. The zero-order valence-corrected chi connectivity index (χ0v) is 16.1. The molecular formula is C18H20N4O5S. The van der Waals surface area contributed by atoms with Gasteiger partial charge in [-0.15, -0.1) is 0 Å². The fraction of sp³-hybridized carbons (Fsp3) is 0.278. The van der Waals surface area contributed by atoms with Crippen LogP contribution in [0.15, 0.2) is 52.5 Å². The Morgan fingerprint density at radius 1 is 1.18 bits per heavy atom. The summed E-state index contributed by atoms with van der Waals surface area (Å²) in [7, 11) is -4.00. The predicted molar refractivity (Wildman–Crippen MR) is 105 cm³/mol. The number of morpholine rings is 1. The fourth-order valence-corrected chi connectivity index (χ4v) is 3.58. The van der Waals surface area contributed by atoms with Crippen molar-refractivity contribution in [3.05, 3.63) is 63.7 Å². The summed E-state index contributed by atoms with van der Waals surface area (Å²) >= 11 is 0. The molecule has 1 aliphatic rings. The molecule has 1 saturated heterocycles. The molecule has 3 rings (SSSR count). The Hall–Kier alpha value is -2.98. The van der Waals surface area contributed by atoms with E-state index in [-0.39, 0.29) is 10.6 Å². The molecule has 9 nitrogen and oxygen atoms in total. The highest BCUT2D eigenvalue weighted by Gasteiger charge is 2.19. The number of sulfonamides is 1. The average molecular weight is 404 g/mol. The zero-order chi connectivity index (χ0) is 20.1. The lowest BCUT2D eigenvalue weighted by Crippen LogP contribution is -2.36. The van der Waals surface area contributed by atoms with Gasteiger partial charge in [-0.1, -0.05) is 18.2 Å². The van der Waals surface area contributed by atoms with E-state index in [1.165, 1.54) is 18.3 Å². The number of nitro groups is 1. The number of nitrogens with zero attached hydrogens (tertiary/aromatic N) is 3. The van der Waals surface area contributed by atoms with Crippen molar-refractivity contribution in [1.29, 1.82) is 0 Å². The van der Waals surface area contributed by atoms with Gasteiger partial charge in [0.25, 0.3) is 15.7 Å². The Morgan fingerprint density at radius 3 is 2.50 bits per heavy atom. The SMILES string of the molecule is Cc1ccc(S(=O)(=O)N/N=C\c2ccc(N3CCOCC3)cc2)cc1[N+](=O)[O-]. The van der Waals surface area contributed by atoms with Gasteiger partial charge in [0.15, 0.2) is 0 Å². The summed E-state index contributed by atoms with van der Waals surface area (Å²) in [6, 6.07) is 11.2. The normalized spacial score (nSPS) is 15.0. The number of hydrogen-bond donors (Lipinski definition) is 1. The third-order valence-electron chi connectivity index (χ3n) is 4.34. The topological polar surface area (TPSA) is 114 Å². The number of ether oxygens (including phenoxy) is 1. The summed E-state index contributed by atoms with van der Waals surface area (Å²) in [4.78, 5) is 14.4. The quantitative estimate of drug-likeness (QED) is 0.448. The van der Waals surface area contributed by atoms with Gasteiger partial charge in [-0.2, -0.15) is 13.5 Å². The smallest absolute Gasteiger partial charge is 0.276 e. The second kappa shape index (κ2) is 8.36. The minimum Gasteiger partial charge on any atom is -0.378 e. The van der Waals surface area contributed by atoms with E-state index in [1.807, 2.05) is 24.3 Å². The molecule has 0 spiro atoms. The summed E-state index contributed by atoms with van der Waals surface area (Å²) < 4.78 is 29.9. The molecule has 0 aliphatic carbocycles.